The summed E-state index contributed by atoms with van der Waals surface area (Å²) < 4.78 is 19.1. The second kappa shape index (κ2) is 8.98. The van der Waals surface area contributed by atoms with Gasteiger partial charge >= 0.3 is 0 Å². The molecule has 5 N–H and O–H groups in total. The first kappa shape index (κ1) is 23.0. The van der Waals surface area contributed by atoms with Crippen molar-refractivity contribution in [2.45, 2.75) is 24.7 Å². The average molecular weight is 531 g/mol. The van der Waals surface area contributed by atoms with Gasteiger partial charge < -0.3 is 30.7 Å². The smallest absolute Gasteiger partial charge is 0.296 e. The number of H-pyrrole nitrogens is 1. The molecule has 2 saturated heterocycles. The number of imidazole rings is 1. The number of nitrogen functional groups attached to an aromatic ring is 2. The SMILES string of the molecule is Nc1nc(N)n(-c2ccc(-c3ccc(-c4nc5nc(OC6COC7CCOC76)[nH]c5cc4Cl)cc3)cc2)n1. The number of benzene rings is 2. The highest BCUT2D eigenvalue weighted by molar-refractivity contribution is 6.33. The Balaban J connectivity index is 1.11. The number of pyridine rings is 1. The number of anilines is 2. The number of aromatic nitrogens is 6. The second-order valence-electron chi connectivity index (χ2n) is 9.25. The molecule has 3 aromatic heterocycles. The average Bonchev–Trinajstić information content (AvgIpc) is 3.69. The molecule has 192 valence electrons. The first-order valence-electron chi connectivity index (χ1n) is 12.2. The van der Waals surface area contributed by atoms with Crippen LogP contribution in [0.4, 0.5) is 11.9 Å². The predicted octanol–water partition coefficient (Wildman–Crippen LogP) is 3.63. The monoisotopic (exact) mass is 530 g/mol. The van der Waals surface area contributed by atoms with Crippen molar-refractivity contribution in [3.8, 4) is 34.1 Å². The van der Waals surface area contributed by atoms with E-state index in [9.17, 15) is 0 Å². The maximum absolute atomic E-state index is 6.61. The Morgan fingerprint density at radius 3 is 2.42 bits per heavy atom. The van der Waals surface area contributed by atoms with Gasteiger partial charge in [-0.15, -0.1) is 5.10 Å². The van der Waals surface area contributed by atoms with Crippen LogP contribution in [-0.2, 0) is 9.47 Å². The van der Waals surface area contributed by atoms with E-state index >= 15 is 0 Å². The summed E-state index contributed by atoms with van der Waals surface area (Å²) in [6, 6.07) is 18.0. The number of ether oxygens (including phenoxy) is 3. The molecule has 38 heavy (non-hydrogen) atoms. The first-order valence-corrected chi connectivity index (χ1v) is 12.5. The van der Waals surface area contributed by atoms with Crippen molar-refractivity contribution >= 4 is 34.7 Å². The van der Waals surface area contributed by atoms with Gasteiger partial charge in [0.2, 0.25) is 11.9 Å². The number of fused-ring (bicyclic) bond motifs is 2. The van der Waals surface area contributed by atoms with Crippen molar-refractivity contribution in [3.05, 3.63) is 59.6 Å². The van der Waals surface area contributed by atoms with E-state index < -0.39 is 0 Å². The highest BCUT2D eigenvalue weighted by Crippen LogP contribution is 2.33. The Hall–Kier alpha value is -4.19. The fourth-order valence-corrected chi connectivity index (χ4v) is 5.24. The summed E-state index contributed by atoms with van der Waals surface area (Å²) in [6.07, 6.45) is 0.718. The van der Waals surface area contributed by atoms with Crippen molar-refractivity contribution in [1.29, 1.82) is 0 Å². The number of hydrogen-bond donors (Lipinski definition) is 3. The van der Waals surface area contributed by atoms with Crippen LogP contribution in [0.2, 0.25) is 5.02 Å². The second-order valence-corrected chi connectivity index (χ2v) is 9.66. The van der Waals surface area contributed by atoms with Gasteiger partial charge in [-0.25, -0.2) is 4.98 Å². The van der Waals surface area contributed by atoms with E-state index in [-0.39, 0.29) is 30.2 Å². The fourth-order valence-electron chi connectivity index (χ4n) is 4.97. The minimum absolute atomic E-state index is 0.0652. The number of nitrogens with two attached hydrogens (primary N) is 2. The summed E-state index contributed by atoms with van der Waals surface area (Å²) in [7, 11) is 0. The van der Waals surface area contributed by atoms with E-state index in [2.05, 4.69) is 20.1 Å². The van der Waals surface area contributed by atoms with Gasteiger partial charge in [-0.1, -0.05) is 48.0 Å². The normalized spacial score (nSPS) is 20.7. The van der Waals surface area contributed by atoms with Crippen LogP contribution in [-0.4, -0.2) is 61.2 Å². The molecule has 3 unspecified atom stereocenters. The Labute approximate surface area is 221 Å². The van der Waals surface area contributed by atoms with Gasteiger partial charge in [0.15, 0.2) is 11.8 Å². The highest BCUT2D eigenvalue weighted by Gasteiger charge is 2.43. The van der Waals surface area contributed by atoms with Crippen molar-refractivity contribution < 1.29 is 14.2 Å². The molecular formula is C26H23ClN8O3. The number of rotatable bonds is 5. The molecule has 2 fully saturated rings. The van der Waals surface area contributed by atoms with Gasteiger partial charge in [-0.2, -0.15) is 14.6 Å². The molecule has 12 heteroatoms. The van der Waals surface area contributed by atoms with Crippen LogP contribution < -0.4 is 16.2 Å². The molecule has 5 aromatic rings. The molecule has 0 radical (unpaired) electrons. The molecule has 2 aromatic carbocycles. The third kappa shape index (κ3) is 4.01. The third-order valence-electron chi connectivity index (χ3n) is 6.84. The molecule has 3 atom stereocenters. The number of nitrogens with zero attached hydrogens (tertiary/aromatic N) is 5. The summed E-state index contributed by atoms with van der Waals surface area (Å²) in [6.45, 7) is 1.16. The summed E-state index contributed by atoms with van der Waals surface area (Å²) in [5.74, 6) is 0.368. The van der Waals surface area contributed by atoms with E-state index in [1.54, 1.807) is 0 Å². The van der Waals surface area contributed by atoms with Crippen molar-refractivity contribution in [2.75, 3.05) is 24.7 Å². The zero-order valence-electron chi connectivity index (χ0n) is 20.0. The molecule has 0 amide bonds. The Morgan fingerprint density at radius 1 is 0.947 bits per heavy atom. The van der Waals surface area contributed by atoms with E-state index in [0.717, 1.165) is 28.8 Å². The highest BCUT2D eigenvalue weighted by atomic mass is 35.5. The van der Waals surface area contributed by atoms with Crippen molar-refractivity contribution in [3.63, 3.8) is 0 Å². The van der Waals surface area contributed by atoms with Gasteiger partial charge in [0, 0.05) is 12.2 Å². The Morgan fingerprint density at radius 2 is 1.68 bits per heavy atom. The minimum Gasteiger partial charge on any atom is -0.456 e. The Bertz CT molecular complexity index is 1630. The van der Waals surface area contributed by atoms with Gasteiger partial charge in [0.05, 0.1) is 34.6 Å². The standard InChI is InChI=1S/C26H23ClN8O3/c27-17-11-18-23(32-26(30-18)38-20-12-37-19-9-10-36-22(19)20)31-21(17)15-3-1-13(2-4-15)14-5-7-16(8-6-14)35-25(29)33-24(28)34-35/h1-8,11,19-20,22H,9-10,12H2,(H,30,31,32)(H4,28,29,33,34). The molecule has 11 nitrogen and oxygen atoms in total. The first-order chi connectivity index (χ1) is 18.5. The van der Waals surface area contributed by atoms with E-state index in [1.807, 2.05) is 54.6 Å². The molecule has 0 saturated carbocycles. The van der Waals surface area contributed by atoms with Gasteiger partial charge in [0.1, 0.15) is 6.10 Å². The molecule has 0 aliphatic carbocycles. The van der Waals surface area contributed by atoms with Gasteiger partial charge in [-0.05, 0) is 35.7 Å². The van der Waals surface area contributed by atoms with Crippen LogP contribution in [0, 0.1) is 0 Å². The number of hydrogen-bond acceptors (Lipinski definition) is 9. The molecule has 2 aliphatic rings. The van der Waals surface area contributed by atoms with E-state index in [0.29, 0.717) is 41.1 Å². The number of halogens is 1. The summed E-state index contributed by atoms with van der Waals surface area (Å²) in [5, 5.41) is 4.62. The van der Waals surface area contributed by atoms with E-state index in [1.165, 1.54) is 4.68 Å². The Kier molecular flexibility index (Phi) is 5.43. The molecule has 7 rings (SSSR count). The topological polar surface area (TPSA) is 152 Å². The zero-order chi connectivity index (χ0) is 25.8. The summed E-state index contributed by atoms with van der Waals surface area (Å²) in [4.78, 5) is 16.3. The lowest BCUT2D eigenvalue weighted by molar-refractivity contribution is 0.0273. The van der Waals surface area contributed by atoms with Crippen LogP contribution >= 0.6 is 11.6 Å². The van der Waals surface area contributed by atoms with Crippen LogP contribution in [0.25, 0.3) is 39.2 Å². The molecular weight excluding hydrogens is 508 g/mol. The van der Waals surface area contributed by atoms with Gasteiger partial charge in [-0.3, -0.25) is 0 Å². The predicted molar refractivity (Wildman–Crippen MR) is 142 cm³/mol. The number of aromatic amines is 1. The lowest BCUT2D eigenvalue weighted by atomic mass is 10.0. The van der Waals surface area contributed by atoms with Crippen LogP contribution in [0.3, 0.4) is 0 Å². The number of nitrogens with one attached hydrogen (secondary N) is 1. The zero-order valence-corrected chi connectivity index (χ0v) is 20.8. The molecule has 0 bridgehead atoms. The minimum atomic E-state index is -0.202. The maximum atomic E-state index is 6.61. The molecule has 2 aliphatic heterocycles. The van der Waals surface area contributed by atoms with Crippen LogP contribution in [0.15, 0.2) is 54.6 Å². The summed E-state index contributed by atoms with van der Waals surface area (Å²) >= 11 is 6.61. The van der Waals surface area contributed by atoms with E-state index in [4.69, 9.17) is 42.3 Å². The summed E-state index contributed by atoms with van der Waals surface area (Å²) in [5.41, 5.74) is 17.1. The fraction of sp³-hybridized carbons (Fsp3) is 0.231. The lowest BCUT2D eigenvalue weighted by Gasteiger charge is -2.15. The lowest BCUT2D eigenvalue weighted by Crippen LogP contribution is -2.32. The van der Waals surface area contributed by atoms with Crippen LogP contribution in [0.1, 0.15) is 6.42 Å². The van der Waals surface area contributed by atoms with Crippen molar-refractivity contribution in [1.82, 2.24) is 29.7 Å². The van der Waals surface area contributed by atoms with Crippen molar-refractivity contribution in [2.24, 2.45) is 0 Å². The van der Waals surface area contributed by atoms with Gasteiger partial charge in [0.25, 0.3) is 6.01 Å². The maximum Gasteiger partial charge on any atom is 0.296 e. The quantitative estimate of drug-likeness (QED) is 0.309. The largest absolute Gasteiger partial charge is 0.456 e. The van der Waals surface area contributed by atoms with Crippen LogP contribution in [0.5, 0.6) is 6.01 Å². The molecule has 5 heterocycles. The third-order valence-corrected chi connectivity index (χ3v) is 7.13. The molecule has 0 spiro atoms.